The Morgan fingerprint density at radius 3 is 2.65 bits per heavy atom. The van der Waals surface area contributed by atoms with Gasteiger partial charge in [-0.15, -0.1) is 0 Å². The monoisotopic (exact) mass is 396 g/mol. The summed E-state index contributed by atoms with van der Waals surface area (Å²) in [5.74, 6) is 0.984. The largest absolute Gasteiger partial charge is 0.491 e. The van der Waals surface area contributed by atoms with Gasteiger partial charge < -0.3 is 9.47 Å². The molecule has 2 aromatic carbocycles. The smallest absolute Gasteiger partial charge is 0.122 e. The van der Waals surface area contributed by atoms with Crippen LogP contribution in [0, 0.1) is 0 Å². The number of benzene rings is 2. The maximum atomic E-state index is 5.97. The molecule has 3 rings (SSSR count). The summed E-state index contributed by atoms with van der Waals surface area (Å²) in [5.41, 5.74) is 2.37. The Morgan fingerprint density at radius 2 is 1.85 bits per heavy atom. The number of para-hydroxylation sites is 1. The minimum absolute atomic E-state index is 0.114. The van der Waals surface area contributed by atoms with Crippen LogP contribution in [0.15, 0.2) is 51.4 Å². The van der Waals surface area contributed by atoms with E-state index in [0.29, 0.717) is 13.2 Å². The zero-order valence-electron chi connectivity index (χ0n) is 10.8. The zero-order valence-corrected chi connectivity index (χ0v) is 14.0. The lowest BCUT2D eigenvalue weighted by Gasteiger charge is -2.25. The third kappa shape index (κ3) is 3.43. The van der Waals surface area contributed by atoms with Gasteiger partial charge in [-0.25, -0.2) is 0 Å². The minimum Gasteiger partial charge on any atom is -0.491 e. The van der Waals surface area contributed by atoms with E-state index in [-0.39, 0.29) is 6.10 Å². The first-order chi connectivity index (χ1) is 9.70. The summed E-state index contributed by atoms with van der Waals surface area (Å²) in [4.78, 5) is 0. The first-order valence-corrected chi connectivity index (χ1v) is 8.06. The quantitative estimate of drug-likeness (QED) is 0.745. The molecule has 0 amide bonds. The number of halogens is 2. The summed E-state index contributed by atoms with van der Waals surface area (Å²) in [6.45, 7) is 1.21. The molecule has 0 spiro atoms. The second-order valence-corrected chi connectivity index (χ2v) is 6.66. The van der Waals surface area contributed by atoms with Crippen LogP contribution in [0.1, 0.15) is 11.1 Å². The van der Waals surface area contributed by atoms with E-state index in [1.54, 1.807) is 0 Å². The van der Waals surface area contributed by atoms with E-state index in [9.17, 15) is 0 Å². The summed E-state index contributed by atoms with van der Waals surface area (Å²) in [6, 6.07) is 14.3. The van der Waals surface area contributed by atoms with Gasteiger partial charge in [0.1, 0.15) is 12.4 Å². The molecule has 0 radical (unpaired) electrons. The molecule has 0 saturated heterocycles. The first kappa shape index (κ1) is 14.1. The molecule has 1 aliphatic heterocycles. The molecule has 2 aromatic rings. The van der Waals surface area contributed by atoms with Gasteiger partial charge in [0.25, 0.3) is 0 Å². The van der Waals surface area contributed by atoms with Crippen LogP contribution in [-0.2, 0) is 17.8 Å². The molecule has 1 unspecified atom stereocenters. The third-order valence-electron chi connectivity index (χ3n) is 3.25. The fourth-order valence-corrected chi connectivity index (χ4v) is 3.70. The third-order valence-corrected chi connectivity index (χ3v) is 4.17. The highest BCUT2D eigenvalue weighted by Crippen LogP contribution is 2.26. The zero-order chi connectivity index (χ0) is 13.9. The first-order valence-electron chi connectivity index (χ1n) is 6.48. The molecule has 0 aromatic heterocycles. The van der Waals surface area contributed by atoms with Crippen molar-refractivity contribution in [3.63, 3.8) is 0 Å². The van der Waals surface area contributed by atoms with E-state index < -0.39 is 0 Å². The van der Waals surface area contributed by atoms with Crippen molar-refractivity contribution in [2.24, 2.45) is 0 Å². The number of hydrogen-bond acceptors (Lipinski definition) is 2. The SMILES string of the molecule is Brc1cc(Br)cc(COC2COc3ccccc3C2)c1. The minimum atomic E-state index is 0.114. The molecular weight excluding hydrogens is 384 g/mol. The Kier molecular flexibility index (Phi) is 4.44. The molecule has 0 saturated carbocycles. The molecule has 0 N–H and O–H groups in total. The average molecular weight is 398 g/mol. The van der Waals surface area contributed by atoms with Crippen molar-refractivity contribution in [1.29, 1.82) is 0 Å². The van der Waals surface area contributed by atoms with Gasteiger partial charge in [-0.05, 0) is 35.4 Å². The molecule has 1 aliphatic rings. The van der Waals surface area contributed by atoms with Gasteiger partial charge in [0, 0.05) is 15.4 Å². The number of hydrogen-bond donors (Lipinski definition) is 0. The second kappa shape index (κ2) is 6.29. The van der Waals surface area contributed by atoms with Crippen LogP contribution in [0.4, 0.5) is 0 Å². The second-order valence-electron chi connectivity index (χ2n) is 4.83. The van der Waals surface area contributed by atoms with Crippen molar-refractivity contribution >= 4 is 31.9 Å². The van der Waals surface area contributed by atoms with Gasteiger partial charge in [-0.1, -0.05) is 50.1 Å². The van der Waals surface area contributed by atoms with E-state index in [0.717, 1.165) is 26.7 Å². The van der Waals surface area contributed by atoms with Crippen LogP contribution in [0.5, 0.6) is 5.75 Å². The highest BCUT2D eigenvalue weighted by molar-refractivity contribution is 9.11. The van der Waals surface area contributed by atoms with Gasteiger partial charge >= 0.3 is 0 Å². The molecule has 0 bridgehead atoms. The predicted octanol–water partition coefficient (Wildman–Crippen LogP) is 4.73. The van der Waals surface area contributed by atoms with Crippen LogP contribution < -0.4 is 4.74 Å². The van der Waals surface area contributed by atoms with Crippen LogP contribution in [0.2, 0.25) is 0 Å². The van der Waals surface area contributed by atoms with Crippen molar-refractivity contribution in [3.8, 4) is 5.75 Å². The van der Waals surface area contributed by atoms with E-state index in [1.165, 1.54) is 5.56 Å². The molecular formula is C16H14Br2O2. The summed E-state index contributed by atoms with van der Waals surface area (Å²) >= 11 is 6.98. The van der Waals surface area contributed by atoms with Gasteiger partial charge in [0.2, 0.25) is 0 Å². The lowest BCUT2D eigenvalue weighted by Crippen LogP contribution is -2.28. The van der Waals surface area contributed by atoms with E-state index in [4.69, 9.17) is 9.47 Å². The summed E-state index contributed by atoms with van der Waals surface area (Å²) < 4.78 is 13.8. The molecule has 104 valence electrons. The maximum Gasteiger partial charge on any atom is 0.122 e. The summed E-state index contributed by atoms with van der Waals surface area (Å²) in [5, 5.41) is 0. The van der Waals surface area contributed by atoms with Crippen molar-refractivity contribution in [2.75, 3.05) is 6.61 Å². The molecule has 0 fully saturated rings. The number of ether oxygens (including phenoxy) is 2. The average Bonchev–Trinajstić information content (AvgIpc) is 2.44. The van der Waals surface area contributed by atoms with Crippen LogP contribution >= 0.6 is 31.9 Å². The van der Waals surface area contributed by atoms with Crippen molar-refractivity contribution in [2.45, 2.75) is 19.1 Å². The number of rotatable bonds is 3. The molecule has 1 heterocycles. The van der Waals surface area contributed by atoms with Gasteiger partial charge in [0.15, 0.2) is 0 Å². The Bertz CT molecular complexity index is 593. The van der Waals surface area contributed by atoms with Crippen LogP contribution in [0.3, 0.4) is 0 Å². The van der Waals surface area contributed by atoms with Gasteiger partial charge in [0.05, 0.1) is 12.7 Å². The lowest BCUT2D eigenvalue weighted by atomic mass is 10.0. The Balaban J connectivity index is 1.62. The Hall–Kier alpha value is -0.840. The predicted molar refractivity (Wildman–Crippen MR) is 86.1 cm³/mol. The highest BCUT2D eigenvalue weighted by atomic mass is 79.9. The molecule has 0 aliphatic carbocycles. The topological polar surface area (TPSA) is 18.5 Å². The summed E-state index contributed by atoms with van der Waals surface area (Å²) in [6.07, 6.45) is 1.02. The molecule has 4 heteroatoms. The Labute approximate surface area is 135 Å². The lowest BCUT2D eigenvalue weighted by molar-refractivity contribution is 0.000999. The van der Waals surface area contributed by atoms with E-state index in [2.05, 4.69) is 50.1 Å². The van der Waals surface area contributed by atoms with Crippen LogP contribution in [0.25, 0.3) is 0 Å². The van der Waals surface area contributed by atoms with Crippen molar-refractivity contribution in [3.05, 3.63) is 62.5 Å². The van der Waals surface area contributed by atoms with Gasteiger partial charge in [-0.3, -0.25) is 0 Å². The summed E-state index contributed by atoms with van der Waals surface area (Å²) in [7, 11) is 0. The maximum absolute atomic E-state index is 5.97. The van der Waals surface area contributed by atoms with E-state index >= 15 is 0 Å². The molecule has 1 atom stereocenters. The van der Waals surface area contributed by atoms with Crippen molar-refractivity contribution in [1.82, 2.24) is 0 Å². The highest BCUT2D eigenvalue weighted by Gasteiger charge is 2.19. The van der Waals surface area contributed by atoms with Crippen LogP contribution in [-0.4, -0.2) is 12.7 Å². The number of fused-ring (bicyclic) bond motifs is 1. The van der Waals surface area contributed by atoms with Crippen molar-refractivity contribution < 1.29 is 9.47 Å². The molecule has 20 heavy (non-hydrogen) atoms. The Morgan fingerprint density at radius 1 is 1.10 bits per heavy atom. The fraction of sp³-hybridized carbons (Fsp3) is 0.250. The normalized spacial score (nSPS) is 17.4. The fourth-order valence-electron chi connectivity index (χ4n) is 2.32. The van der Waals surface area contributed by atoms with Gasteiger partial charge in [-0.2, -0.15) is 0 Å². The van der Waals surface area contributed by atoms with E-state index in [1.807, 2.05) is 24.3 Å². The standard InChI is InChI=1S/C16H14Br2O2/c17-13-5-11(6-14(18)8-13)9-19-15-7-12-3-1-2-4-16(12)20-10-15/h1-6,8,15H,7,9-10H2. The molecule has 2 nitrogen and oxygen atoms in total.